The van der Waals surface area contributed by atoms with Crippen molar-refractivity contribution in [2.45, 2.75) is 13.8 Å². The molecule has 0 saturated heterocycles. The first kappa shape index (κ1) is 23.3. The highest BCUT2D eigenvalue weighted by Crippen LogP contribution is 2.45. The van der Waals surface area contributed by atoms with Crippen LogP contribution in [0.15, 0.2) is 97.1 Å². The smallest absolute Gasteiger partial charge is 0.338 e. The van der Waals surface area contributed by atoms with Crippen LogP contribution in [0.3, 0.4) is 0 Å². The minimum atomic E-state index is -0.349. The molecule has 0 aliphatic heterocycles. The van der Waals surface area contributed by atoms with Crippen molar-refractivity contribution in [2.75, 3.05) is 13.2 Å². The van der Waals surface area contributed by atoms with Crippen LogP contribution in [-0.2, 0) is 9.47 Å². The van der Waals surface area contributed by atoms with Crippen LogP contribution < -0.4 is 0 Å². The fourth-order valence-corrected chi connectivity index (χ4v) is 4.88. The highest BCUT2D eigenvalue weighted by molar-refractivity contribution is 6.23. The van der Waals surface area contributed by atoms with Crippen LogP contribution >= 0.6 is 0 Å². The van der Waals surface area contributed by atoms with Gasteiger partial charge in [0.25, 0.3) is 0 Å². The quantitative estimate of drug-likeness (QED) is 0.187. The molecule has 0 amide bonds. The zero-order valence-corrected chi connectivity index (χ0v) is 20.3. The number of benzene rings is 5. The molecule has 0 fully saturated rings. The molecule has 0 aliphatic rings. The van der Waals surface area contributed by atoms with Crippen LogP contribution in [0.2, 0.25) is 0 Å². The second kappa shape index (κ2) is 10.0. The maximum Gasteiger partial charge on any atom is 0.338 e. The summed E-state index contributed by atoms with van der Waals surface area (Å²) in [4.78, 5) is 25.8. The second-order valence-electron chi connectivity index (χ2n) is 8.37. The van der Waals surface area contributed by atoms with Gasteiger partial charge < -0.3 is 9.47 Å². The molecular weight excluding hydrogens is 448 g/mol. The normalized spacial score (nSPS) is 10.9. The molecule has 0 unspecified atom stereocenters. The molecule has 36 heavy (non-hydrogen) atoms. The Morgan fingerprint density at radius 2 is 0.806 bits per heavy atom. The number of esters is 2. The van der Waals surface area contributed by atoms with Gasteiger partial charge in [-0.1, -0.05) is 84.9 Å². The molecule has 0 bridgehead atoms. The highest BCUT2D eigenvalue weighted by Gasteiger charge is 2.23. The first-order chi connectivity index (χ1) is 17.7. The van der Waals surface area contributed by atoms with Crippen molar-refractivity contribution in [3.8, 4) is 22.3 Å². The predicted molar refractivity (Wildman–Crippen MR) is 144 cm³/mol. The van der Waals surface area contributed by atoms with E-state index < -0.39 is 0 Å². The van der Waals surface area contributed by atoms with Gasteiger partial charge in [0.2, 0.25) is 0 Å². The minimum absolute atomic E-state index is 0.304. The number of carbonyl (C=O) groups excluding carboxylic acids is 2. The molecule has 0 N–H and O–H groups in total. The van der Waals surface area contributed by atoms with Crippen LogP contribution in [0.25, 0.3) is 43.8 Å². The first-order valence-corrected chi connectivity index (χ1v) is 12.1. The lowest BCUT2D eigenvalue weighted by Crippen LogP contribution is -2.07. The van der Waals surface area contributed by atoms with E-state index in [1.807, 2.05) is 60.7 Å². The summed E-state index contributed by atoms with van der Waals surface area (Å²) >= 11 is 0. The standard InChI is InChI=1S/C32H26O4/c1-3-35-31(33)27-19-11-9-17-25(27)29-21-13-5-7-15-23(21)30(24-16-8-6-14-22(24)29)26-18-10-12-20-28(26)32(34)36-4-2/h5-20H,3-4H2,1-2H3. The van der Waals surface area contributed by atoms with E-state index in [9.17, 15) is 9.59 Å². The number of ether oxygens (including phenoxy) is 2. The average molecular weight is 475 g/mol. The fraction of sp³-hybridized carbons (Fsp3) is 0.125. The average Bonchev–Trinajstić information content (AvgIpc) is 2.92. The van der Waals surface area contributed by atoms with Crippen molar-refractivity contribution in [2.24, 2.45) is 0 Å². The molecule has 0 aromatic heterocycles. The maximum atomic E-state index is 12.9. The summed E-state index contributed by atoms with van der Waals surface area (Å²) in [5, 5.41) is 3.95. The first-order valence-electron chi connectivity index (χ1n) is 12.1. The monoisotopic (exact) mass is 474 g/mol. The van der Waals surface area contributed by atoms with E-state index in [-0.39, 0.29) is 11.9 Å². The van der Waals surface area contributed by atoms with Crippen LogP contribution in [0.5, 0.6) is 0 Å². The van der Waals surface area contributed by atoms with E-state index >= 15 is 0 Å². The third kappa shape index (κ3) is 4.01. The molecule has 5 rings (SSSR count). The SMILES string of the molecule is CCOC(=O)c1ccccc1-c1c2ccccc2c(-c2ccccc2C(=O)OCC)c2ccccc12. The summed E-state index contributed by atoms with van der Waals surface area (Å²) in [6.07, 6.45) is 0. The molecule has 0 atom stereocenters. The van der Waals surface area contributed by atoms with Crippen LogP contribution in [0, 0.1) is 0 Å². The van der Waals surface area contributed by atoms with Gasteiger partial charge in [0.15, 0.2) is 0 Å². The van der Waals surface area contributed by atoms with Crippen molar-refractivity contribution in [3.05, 3.63) is 108 Å². The van der Waals surface area contributed by atoms with E-state index in [4.69, 9.17) is 9.47 Å². The summed E-state index contributed by atoms with van der Waals surface area (Å²) in [7, 11) is 0. The van der Waals surface area contributed by atoms with E-state index in [1.54, 1.807) is 26.0 Å². The largest absolute Gasteiger partial charge is 0.462 e. The number of fused-ring (bicyclic) bond motifs is 2. The Morgan fingerprint density at radius 3 is 1.14 bits per heavy atom. The topological polar surface area (TPSA) is 52.6 Å². The summed E-state index contributed by atoms with van der Waals surface area (Å²) < 4.78 is 10.8. The molecule has 4 nitrogen and oxygen atoms in total. The molecule has 5 aromatic rings. The fourth-order valence-electron chi connectivity index (χ4n) is 4.88. The predicted octanol–water partition coefficient (Wildman–Crippen LogP) is 7.68. The van der Waals surface area contributed by atoms with Crippen LogP contribution in [-0.4, -0.2) is 25.2 Å². The molecule has 5 aromatic carbocycles. The van der Waals surface area contributed by atoms with Gasteiger partial charge >= 0.3 is 11.9 Å². The molecule has 178 valence electrons. The molecule has 0 saturated carbocycles. The Kier molecular flexibility index (Phi) is 6.50. The third-order valence-electron chi connectivity index (χ3n) is 6.31. The lowest BCUT2D eigenvalue weighted by Gasteiger charge is -2.20. The Labute approximate surface area is 210 Å². The van der Waals surface area contributed by atoms with Crippen LogP contribution in [0.1, 0.15) is 34.6 Å². The molecule has 4 heteroatoms. The number of hydrogen-bond donors (Lipinski definition) is 0. The Balaban J connectivity index is 1.91. The lowest BCUT2D eigenvalue weighted by molar-refractivity contribution is 0.0517. The van der Waals surface area contributed by atoms with E-state index in [1.165, 1.54) is 0 Å². The zero-order valence-electron chi connectivity index (χ0n) is 20.3. The van der Waals surface area contributed by atoms with Crippen LogP contribution in [0.4, 0.5) is 0 Å². The van der Waals surface area contributed by atoms with Gasteiger partial charge in [0, 0.05) is 0 Å². The van der Waals surface area contributed by atoms with Gasteiger partial charge in [-0.25, -0.2) is 9.59 Å². The summed E-state index contributed by atoms with van der Waals surface area (Å²) in [6.45, 7) is 4.22. The zero-order chi connectivity index (χ0) is 25.1. The molecular formula is C32H26O4. The van der Waals surface area contributed by atoms with Crippen molar-refractivity contribution in [3.63, 3.8) is 0 Å². The minimum Gasteiger partial charge on any atom is -0.462 e. The van der Waals surface area contributed by atoms with Crippen molar-refractivity contribution < 1.29 is 19.1 Å². The highest BCUT2D eigenvalue weighted by atomic mass is 16.5. The molecule has 0 spiro atoms. The number of rotatable bonds is 6. The van der Waals surface area contributed by atoms with Gasteiger partial charge in [-0.2, -0.15) is 0 Å². The Morgan fingerprint density at radius 1 is 0.500 bits per heavy atom. The molecule has 0 radical (unpaired) electrons. The van der Waals surface area contributed by atoms with Crippen molar-refractivity contribution >= 4 is 33.5 Å². The summed E-state index contributed by atoms with van der Waals surface area (Å²) in [6, 6.07) is 31.4. The van der Waals surface area contributed by atoms with Gasteiger partial charge in [-0.3, -0.25) is 0 Å². The third-order valence-corrected chi connectivity index (χ3v) is 6.31. The molecule has 0 aliphatic carbocycles. The van der Waals surface area contributed by atoms with E-state index in [0.29, 0.717) is 24.3 Å². The summed E-state index contributed by atoms with van der Waals surface area (Å²) in [5.41, 5.74) is 4.59. The van der Waals surface area contributed by atoms with E-state index in [2.05, 4.69) is 24.3 Å². The summed E-state index contributed by atoms with van der Waals surface area (Å²) in [5.74, 6) is -0.698. The van der Waals surface area contributed by atoms with Gasteiger partial charge in [0.05, 0.1) is 24.3 Å². The molecule has 0 heterocycles. The Hall–Kier alpha value is -4.44. The lowest BCUT2D eigenvalue weighted by atomic mass is 9.84. The van der Waals surface area contributed by atoms with Gasteiger partial charge in [0.1, 0.15) is 0 Å². The second-order valence-corrected chi connectivity index (χ2v) is 8.37. The van der Waals surface area contributed by atoms with Gasteiger partial charge in [-0.15, -0.1) is 0 Å². The van der Waals surface area contributed by atoms with E-state index in [0.717, 1.165) is 43.8 Å². The van der Waals surface area contributed by atoms with Gasteiger partial charge in [-0.05, 0) is 69.8 Å². The Bertz CT molecular complexity index is 1420. The maximum absolute atomic E-state index is 12.9. The van der Waals surface area contributed by atoms with Crippen molar-refractivity contribution in [1.29, 1.82) is 0 Å². The number of hydrogen-bond acceptors (Lipinski definition) is 4. The number of carbonyl (C=O) groups is 2. The van der Waals surface area contributed by atoms with Crippen molar-refractivity contribution in [1.82, 2.24) is 0 Å².